The lowest BCUT2D eigenvalue weighted by atomic mass is 9.86. The molecule has 0 spiro atoms. The van der Waals surface area contributed by atoms with E-state index in [0.717, 1.165) is 60.3 Å². The zero-order chi connectivity index (χ0) is 23.0. The van der Waals surface area contributed by atoms with E-state index in [1.807, 2.05) is 38.4 Å². The number of ether oxygens (including phenoxy) is 1. The number of hydrogen-bond acceptors (Lipinski definition) is 6. The molecule has 6 heteroatoms. The predicted molar refractivity (Wildman–Crippen MR) is 137 cm³/mol. The molecular weight excluding hydrogens is 410 g/mol. The predicted octanol–water partition coefficient (Wildman–Crippen LogP) is 4.90. The Hall–Kier alpha value is -2.86. The Kier molecular flexibility index (Phi) is 8.00. The molecule has 3 aromatic rings. The lowest BCUT2D eigenvalue weighted by Gasteiger charge is -2.29. The van der Waals surface area contributed by atoms with E-state index in [-0.39, 0.29) is 0 Å². The molecule has 33 heavy (non-hydrogen) atoms. The lowest BCUT2D eigenvalue weighted by Crippen LogP contribution is -2.32. The third kappa shape index (κ3) is 6.35. The molecule has 1 fully saturated rings. The van der Waals surface area contributed by atoms with Crippen molar-refractivity contribution in [3.05, 3.63) is 54.1 Å². The third-order valence-electron chi connectivity index (χ3n) is 6.60. The number of nitrogens with one attached hydrogen (secondary N) is 2. The molecule has 6 nitrogen and oxygen atoms in total. The number of aromatic nitrogens is 2. The van der Waals surface area contributed by atoms with Crippen molar-refractivity contribution in [1.29, 1.82) is 0 Å². The third-order valence-corrected chi connectivity index (χ3v) is 6.60. The van der Waals surface area contributed by atoms with Crippen molar-refractivity contribution in [2.45, 2.75) is 44.6 Å². The molecule has 0 aliphatic heterocycles. The molecule has 2 N–H and O–H groups in total. The highest BCUT2D eigenvalue weighted by Gasteiger charge is 2.22. The van der Waals surface area contributed by atoms with Gasteiger partial charge >= 0.3 is 0 Å². The average molecular weight is 448 g/mol. The number of para-hydroxylation sites is 1. The van der Waals surface area contributed by atoms with E-state index < -0.39 is 0 Å². The second-order valence-electron chi connectivity index (χ2n) is 9.30. The summed E-state index contributed by atoms with van der Waals surface area (Å²) < 4.78 is 5.23. The fourth-order valence-corrected chi connectivity index (χ4v) is 4.67. The highest BCUT2D eigenvalue weighted by Crippen LogP contribution is 2.28. The van der Waals surface area contributed by atoms with Gasteiger partial charge in [0.25, 0.3) is 0 Å². The Balaban J connectivity index is 1.18. The normalized spacial score (nSPS) is 18.3. The molecule has 2 aromatic carbocycles. The first-order chi connectivity index (χ1) is 16.1. The van der Waals surface area contributed by atoms with Crippen molar-refractivity contribution in [1.82, 2.24) is 15.3 Å². The average Bonchev–Trinajstić information content (AvgIpc) is 2.84. The second-order valence-corrected chi connectivity index (χ2v) is 9.30. The fraction of sp³-hybridized carbons (Fsp3) is 0.481. The summed E-state index contributed by atoms with van der Waals surface area (Å²) in [5.41, 5.74) is 2.36. The Morgan fingerprint density at radius 3 is 2.45 bits per heavy atom. The smallest absolute Gasteiger partial charge is 0.225 e. The number of aryl methyl sites for hydroxylation is 1. The van der Waals surface area contributed by atoms with Gasteiger partial charge in [0.15, 0.2) is 0 Å². The minimum atomic E-state index is 0.451. The zero-order valence-corrected chi connectivity index (χ0v) is 20.2. The standard InChI is InChI=1S/C27H37N5O/c1-32(2)26-24-8-4-5-9-25(24)30-27(31-26)29-22-14-10-21(11-15-22)19-28-18-6-7-20-12-16-23(33-3)17-13-20/h4-5,8-9,12-13,16-17,21-22,28H,6-7,10-11,14-15,18-19H2,1-3H3,(H,29,30,31). The van der Waals surface area contributed by atoms with Crippen LogP contribution in [0.3, 0.4) is 0 Å². The first-order valence-electron chi connectivity index (χ1n) is 12.2. The number of anilines is 2. The number of fused-ring (bicyclic) bond motifs is 1. The Morgan fingerprint density at radius 2 is 1.73 bits per heavy atom. The Bertz CT molecular complexity index is 1010. The quantitative estimate of drug-likeness (QED) is 0.431. The molecule has 0 radical (unpaired) electrons. The molecular formula is C27H37N5O. The molecule has 1 aromatic heterocycles. The van der Waals surface area contributed by atoms with Crippen LogP contribution in [-0.4, -0.2) is 50.3 Å². The number of rotatable bonds is 10. The van der Waals surface area contributed by atoms with E-state index in [4.69, 9.17) is 14.7 Å². The largest absolute Gasteiger partial charge is 0.497 e. The minimum Gasteiger partial charge on any atom is -0.497 e. The molecule has 1 aliphatic rings. The minimum absolute atomic E-state index is 0.451. The van der Waals surface area contributed by atoms with Gasteiger partial charge in [0, 0.05) is 25.5 Å². The summed E-state index contributed by atoms with van der Waals surface area (Å²) in [6.45, 7) is 2.19. The summed E-state index contributed by atoms with van der Waals surface area (Å²) in [6, 6.07) is 17.1. The first kappa shape index (κ1) is 23.3. The van der Waals surface area contributed by atoms with Gasteiger partial charge in [0.1, 0.15) is 11.6 Å². The van der Waals surface area contributed by atoms with Crippen LogP contribution in [0.2, 0.25) is 0 Å². The van der Waals surface area contributed by atoms with Crippen LogP contribution in [-0.2, 0) is 6.42 Å². The summed E-state index contributed by atoms with van der Waals surface area (Å²) >= 11 is 0. The molecule has 1 aliphatic carbocycles. The van der Waals surface area contributed by atoms with Crippen molar-refractivity contribution in [3.8, 4) is 5.75 Å². The number of hydrogen-bond donors (Lipinski definition) is 2. The monoisotopic (exact) mass is 447 g/mol. The Morgan fingerprint density at radius 1 is 0.970 bits per heavy atom. The van der Waals surface area contributed by atoms with Gasteiger partial charge in [0.05, 0.1) is 12.6 Å². The fourth-order valence-electron chi connectivity index (χ4n) is 4.67. The number of nitrogens with zero attached hydrogens (tertiary/aromatic N) is 3. The lowest BCUT2D eigenvalue weighted by molar-refractivity contribution is 0.324. The van der Waals surface area contributed by atoms with Crippen LogP contribution >= 0.6 is 0 Å². The maximum atomic E-state index is 5.23. The van der Waals surface area contributed by atoms with Crippen LogP contribution in [0.4, 0.5) is 11.8 Å². The molecule has 1 heterocycles. The number of methoxy groups -OCH3 is 1. The van der Waals surface area contributed by atoms with Gasteiger partial charge in [-0.3, -0.25) is 0 Å². The molecule has 4 rings (SSSR count). The van der Waals surface area contributed by atoms with Gasteiger partial charge in [-0.1, -0.05) is 24.3 Å². The zero-order valence-electron chi connectivity index (χ0n) is 20.2. The van der Waals surface area contributed by atoms with Crippen LogP contribution in [0.1, 0.15) is 37.7 Å². The first-order valence-corrected chi connectivity index (χ1v) is 12.2. The summed E-state index contributed by atoms with van der Waals surface area (Å²) in [5, 5.41) is 8.38. The van der Waals surface area contributed by atoms with Crippen molar-refractivity contribution in [2.75, 3.05) is 44.5 Å². The Labute approximate surface area is 197 Å². The molecule has 0 saturated heterocycles. The van der Waals surface area contributed by atoms with Crippen molar-refractivity contribution in [2.24, 2.45) is 5.92 Å². The second kappa shape index (κ2) is 11.3. The van der Waals surface area contributed by atoms with Gasteiger partial charge in [-0.15, -0.1) is 0 Å². The van der Waals surface area contributed by atoms with Crippen LogP contribution in [0.5, 0.6) is 5.75 Å². The van der Waals surface area contributed by atoms with E-state index in [1.165, 1.54) is 31.2 Å². The van der Waals surface area contributed by atoms with Crippen LogP contribution < -0.4 is 20.3 Å². The molecule has 1 saturated carbocycles. The molecule has 0 unspecified atom stereocenters. The molecule has 0 atom stereocenters. The molecule has 0 amide bonds. The maximum Gasteiger partial charge on any atom is 0.225 e. The van der Waals surface area contributed by atoms with E-state index in [1.54, 1.807) is 7.11 Å². The van der Waals surface area contributed by atoms with E-state index in [9.17, 15) is 0 Å². The highest BCUT2D eigenvalue weighted by molar-refractivity contribution is 5.90. The maximum absolute atomic E-state index is 5.23. The van der Waals surface area contributed by atoms with E-state index in [0.29, 0.717) is 6.04 Å². The van der Waals surface area contributed by atoms with Gasteiger partial charge in [-0.05, 0) is 87.4 Å². The van der Waals surface area contributed by atoms with Gasteiger partial charge in [-0.25, -0.2) is 4.98 Å². The van der Waals surface area contributed by atoms with E-state index in [2.05, 4.69) is 39.8 Å². The van der Waals surface area contributed by atoms with Crippen molar-refractivity contribution in [3.63, 3.8) is 0 Å². The summed E-state index contributed by atoms with van der Waals surface area (Å²) in [6.07, 6.45) is 7.11. The van der Waals surface area contributed by atoms with Crippen LogP contribution in [0.25, 0.3) is 10.9 Å². The number of benzene rings is 2. The summed E-state index contributed by atoms with van der Waals surface area (Å²) in [7, 11) is 5.78. The van der Waals surface area contributed by atoms with Crippen LogP contribution in [0.15, 0.2) is 48.5 Å². The summed E-state index contributed by atoms with van der Waals surface area (Å²) in [4.78, 5) is 11.6. The van der Waals surface area contributed by atoms with Crippen molar-refractivity contribution < 1.29 is 4.74 Å². The molecule has 176 valence electrons. The van der Waals surface area contributed by atoms with Crippen LogP contribution in [0, 0.1) is 5.92 Å². The van der Waals surface area contributed by atoms with Crippen molar-refractivity contribution >= 4 is 22.7 Å². The van der Waals surface area contributed by atoms with E-state index >= 15 is 0 Å². The van der Waals surface area contributed by atoms with Gasteiger partial charge < -0.3 is 20.3 Å². The topological polar surface area (TPSA) is 62.3 Å². The van der Waals surface area contributed by atoms with Gasteiger partial charge in [-0.2, -0.15) is 4.98 Å². The SMILES string of the molecule is COc1ccc(CCCNCC2CCC(Nc3nc(N(C)C)c4ccccc4n3)CC2)cc1. The summed E-state index contributed by atoms with van der Waals surface area (Å²) in [5.74, 6) is 3.40. The highest BCUT2D eigenvalue weighted by atomic mass is 16.5. The molecule has 0 bridgehead atoms. The van der Waals surface area contributed by atoms with Gasteiger partial charge in [0.2, 0.25) is 5.95 Å².